The number of methoxy groups -OCH3 is 1. The molecule has 1 saturated heterocycles. The van der Waals surface area contributed by atoms with E-state index < -0.39 is 18.1 Å². The maximum atomic E-state index is 12.0. The van der Waals surface area contributed by atoms with E-state index in [4.69, 9.17) is 0 Å². The van der Waals surface area contributed by atoms with Crippen molar-refractivity contribution in [3.8, 4) is 0 Å². The average Bonchev–Trinajstić information content (AvgIpc) is 2.51. The van der Waals surface area contributed by atoms with Gasteiger partial charge in [-0.05, 0) is 0 Å². The second-order valence-electron chi connectivity index (χ2n) is 2.52. The third kappa shape index (κ3) is 2.93. The van der Waals surface area contributed by atoms with Crippen LogP contribution in [0.4, 0.5) is 8.78 Å². The lowest BCUT2D eigenvalue weighted by Crippen LogP contribution is -2.31. The van der Waals surface area contributed by atoms with Crippen LogP contribution in [0.3, 0.4) is 0 Å². The number of rotatable bonds is 1. The predicted molar refractivity (Wildman–Crippen MR) is 44.9 cm³/mol. The second-order valence-corrected chi connectivity index (χ2v) is 2.52. The number of ether oxygens (including phenoxy) is 1. The number of carbonyl (C=O) groups excluding carboxylic acids is 1. The first-order chi connectivity index (χ1) is 5.65. The first-order valence-corrected chi connectivity index (χ1v) is 3.49. The molecule has 1 N–H and O–H groups in total. The van der Waals surface area contributed by atoms with E-state index >= 15 is 0 Å². The smallest absolute Gasteiger partial charge is 0.323 e. The number of hydrogen-bond acceptors (Lipinski definition) is 3. The van der Waals surface area contributed by atoms with Crippen LogP contribution in [-0.4, -0.2) is 25.7 Å². The molecule has 1 aliphatic rings. The van der Waals surface area contributed by atoms with Crippen molar-refractivity contribution in [3.63, 3.8) is 0 Å². The van der Waals surface area contributed by atoms with Crippen LogP contribution in [0, 0.1) is 0 Å². The van der Waals surface area contributed by atoms with Crippen molar-refractivity contribution in [2.45, 2.75) is 12.5 Å². The predicted octanol–water partition coefficient (Wildman–Crippen LogP) is 1.09. The van der Waals surface area contributed by atoms with Gasteiger partial charge in [-0.15, -0.1) is 12.4 Å². The van der Waals surface area contributed by atoms with Gasteiger partial charge in [0, 0.05) is 18.5 Å². The van der Waals surface area contributed by atoms with Crippen molar-refractivity contribution < 1.29 is 18.3 Å². The number of hydrogen-bond donors (Lipinski definition) is 1. The molecule has 0 aromatic carbocycles. The summed E-state index contributed by atoms with van der Waals surface area (Å²) in [5, 5.41) is 2.63. The Kier molecular flexibility index (Phi) is 4.87. The molecule has 0 spiro atoms. The number of esters is 1. The van der Waals surface area contributed by atoms with Crippen LogP contribution in [0.1, 0.15) is 6.42 Å². The molecule has 0 saturated carbocycles. The highest BCUT2D eigenvalue weighted by atomic mass is 35.5. The van der Waals surface area contributed by atoms with Crippen LogP contribution in [0.2, 0.25) is 0 Å². The molecule has 0 aliphatic carbocycles. The van der Waals surface area contributed by atoms with Gasteiger partial charge in [-0.2, -0.15) is 8.78 Å². The first kappa shape index (κ1) is 12.3. The zero-order chi connectivity index (χ0) is 9.14. The maximum Gasteiger partial charge on any atom is 0.323 e. The van der Waals surface area contributed by atoms with Gasteiger partial charge in [0.25, 0.3) is 6.08 Å². The lowest BCUT2D eigenvalue weighted by molar-refractivity contribution is -0.142. The molecule has 0 amide bonds. The molecular weight excluding hydrogens is 204 g/mol. The summed E-state index contributed by atoms with van der Waals surface area (Å²) in [6.07, 6.45) is -1.65. The van der Waals surface area contributed by atoms with Crippen molar-refractivity contribution in [2.75, 3.05) is 13.7 Å². The van der Waals surface area contributed by atoms with E-state index in [1.807, 2.05) is 0 Å². The summed E-state index contributed by atoms with van der Waals surface area (Å²) >= 11 is 0. The molecule has 3 nitrogen and oxygen atoms in total. The zero-order valence-corrected chi connectivity index (χ0v) is 7.79. The maximum absolute atomic E-state index is 12.0. The highest BCUT2D eigenvalue weighted by molar-refractivity contribution is 5.85. The van der Waals surface area contributed by atoms with Gasteiger partial charge in [-0.25, -0.2) is 0 Å². The SMILES string of the molecule is COC(=O)[C@@H]1CC(=C(F)F)CN1.Cl. The van der Waals surface area contributed by atoms with Crippen molar-refractivity contribution in [1.29, 1.82) is 0 Å². The van der Waals surface area contributed by atoms with Gasteiger partial charge in [-0.1, -0.05) is 0 Å². The Hall–Kier alpha value is -0.680. The molecule has 1 rings (SSSR count). The molecule has 0 aromatic heterocycles. The highest BCUT2D eigenvalue weighted by Gasteiger charge is 2.28. The molecule has 6 heteroatoms. The molecule has 0 aromatic rings. The van der Waals surface area contributed by atoms with E-state index in [9.17, 15) is 13.6 Å². The van der Waals surface area contributed by atoms with Crippen molar-refractivity contribution >= 4 is 18.4 Å². The Morgan fingerprint density at radius 3 is 2.62 bits per heavy atom. The van der Waals surface area contributed by atoms with Crippen LogP contribution in [0.5, 0.6) is 0 Å². The monoisotopic (exact) mass is 213 g/mol. The number of carbonyl (C=O) groups is 1. The molecule has 1 heterocycles. The van der Waals surface area contributed by atoms with E-state index in [1.54, 1.807) is 0 Å². The van der Waals surface area contributed by atoms with Gasteiger partial charge in [0.1, 0.15) is 6.04 Å². The summed E-state index contributed by atoms with van der Waals surface area (Å²) in [5.41, 5.74) is -0.00889. The second kappa shape index (κ2) is 5.14. The fourth-order valence-electron chi connectivity index (χ4n) is 1.09. The lowest BCUT2D eigenvalue weighted by atomic mass is 10.2. The lowest BCUT2D eigenvalue weighted by Gasteiger charge is -2.04. The van der Waals surface area contributed by atoms with Gasteiger partial charge in [0.05, 0.1) is 7.11 Å². The third-order valence-electron chi connectivity index (χ3n) is 1.77. The van der Waals surface area contributed by atoms with E-state index in [-0.39, 0.29) is 30.9 Å². The van der Waals surface area contributed by atoms with Crippen molar-refractivity contribution in [1.82, 2.24) is 5.32 Å². The van der Waals surface area contributed by atoms with Crippen LogP contribution < -0.4 is 5.32 Å². The fourth-order valence-corrected chi connectivity index (χ4v) is 1.09. The molecule has 1 aliphatic heterocycles. The summed E-state index contributed by atoms with van der Waals surface area (Å²) < 4.78 is 28.3. The van der Waals surface area contributed by atoms with E-state index in [0.29, 0.717) is 0 Å². The molecule has 1 fully saturated rings. The summed E-state index contributed by atoms with van der Waals surface area (Å²) in [6.45, 7) is 0.0715. The quantitative estimate of drug-likeness (QED) is 0.663. The Labute approximate surface area is 80.5 Å². The summed E-state index contributed by atoms with van der Waals surface area (Å²) in [6, 6.07) is -0.605. The summed E-state index contributed by atoms with van der Waals surface area (Å²) in [5.74, 6) is -0.494. The number of nitrogens with one attached hydrogen (secondary N) is 1. The van der Waals surface area contributed by atoms with Gasteiger partial charge in [-0.3, -0.25) is 4.79 Å². The minimum absolute atomic E-state index is 0. The Bertz CT molecular complexity index is 229. The van der Waals surface area contributed by atoms with Crippen molar-refractivity contribution in [3.05, 3.63) is 11.7 Å². The molecule has 0 bridgehead atoms. The van der Waals surface area contributed by atoms with Gasteiger partial charge in [0.2, 0.25) is 0 Å². The molecule has 0 radical (unpaired) electrons. The van der Waals surface area contributed by atoms with Gasteiger partial charge in [0.15, 0.2) is 0 Å². The van der Waals surface area contributed by atoms with Gasteiger partial charge >= 0.3 is 5.97 Å². The van der Waals surface area contributed by atoms with Crippen LogP contribution in [0.15, 0.2) is 11.7 Å². The average molecular weight is 214 g/mol. The normalized spacial score (nSPS) is 20.8. The van der Waals surface area contributed by atoms with Crippen molar-refractivity contribution in [2.24, 2.45) is 0 Å². The van der Waals surface area contributed by atoms with Crippen LogP contribution in [0.25, 0.3) is 0 Å². The Balaban J connectivity index is 0.00000144. The number of halogens is 3. The van der Waals surface area contributed by atoms with E-state index in [0.717, 1.165) is 0 Å². The Morgan fingerprint density at radius 2 is 2.23 bits per heavy atom. The standard InChI is InChI=1S/C7H9F2NO2.ClH/c1-12-7(11)5-2-4(3-10-5)6(8)9;/h5,10H,2-3H2,1H3;1H/t5-;/m0./s1. The van der Waals surface area contributed by atoms with Crippen LogP contribution in [-0.2, 0) is 9.53 Å². The third-order valence-corrected chi connectivity index (χ3v) is 1.77. The van der Waals surface area contributed by atoms with Crippen LogP contribution >= 0.6 is 12.4 Å². The molecule has 0 unspecified atom stereocenters. The largest absolute Gasteiger partial charge is 0.468 e. The molecule has 1 atom stereocenters. The topological polar surface area (TPSA) is 38.3 Å². The molecular formula is C7H10ClF2NO2. The minimum Gasteiger partial charge on any atom is -0.468 e. The van der Waals surface area contributed by atoms with E-state index in [1.165, 1.54) is 7.11 Å². The highest BCUT2D eigenvalue weighted by Crippen LogP contribution is 2.19. The molecule has 13 heavy (non-hydrogen) atoms. The van der Waals surface area contributed by atoms with E-state index in [2.05, 4.69) is 10.1 Å². The fraction of sp³-hybridized carbons (Fsp3) is 0.571. The molecule has 76 valence electrons. The first-order valence-electron chi connectivity index (χ1n) is 3.49. The van der Waals surface area contributed by atoms with Gasteiger partial charge < -0.3 is 10.1 Å². The zero-order valence-electron chi connectivity index (χ0n) is 6.97. The minimum atomic E-state index is -1.70. The summed E-state index contributed by atoms with van der Waals surface area (Å²) in [4.78, 5) is 10.8. The summed E-state index contributed by atoms with van der Waals surface area (Å²) in [7, 11) is 1.23. The Morgan fingerprint density at radius 1 is 1.62 bits per heavy atom.